The molecule has 2 aromatic carbocycles. The number of fused-ring (bicyclic) bond motifs is 2. The molecule has 5 aromatic rings. The summed E-state index contributed by atoms with van der Waals surface area (Å²) in [6, 6.07) is 18.4. The Morgan fingerprint density at radius 2 is 1.72 bits per heavy atom. The molecule has 3 aliphatic heterocycles. The average Bonchev–Trinajstić information content (AvgIpc) is 4.06. The Morgan fingerprint density at radius 1 is 0.944 bits per heavy atom. The zero-order valence-electron chi connectivity index (χ0n) is 42.2. The van der Waals surface area contributed by atoms with E-state index < -0.39 is 37.8 Å². The molecule has 1 N–H and O–H groups in total. The first-order valence-corrected chi connectivity index (χ1v) is 27.0. The molecule has 71 heavy (non-hydrogen) atoms. The van der Waals surface area contributed by atoms with Gasteiger partial charge in [0.05, 0.1) is 23.9 Å². The van der Waals surface area contributed by atoms with Gasteiger partial charge < -0.3 is 33.7 Å². The van der Waals surface area contributed by atoms with E-state index in [2.05, 4.69) is 40.8 Å². The zero-order valence-corrected chi connectivity index (χ0v) is 43.0. The number of pyridine rings is 1. The summed E-state index contributed by atoms with van der Waals surface area (Å²) in [6.45, 7) is 17.2. The smallest absolute Gasteiger partial charge is 0.410 e. The summed E-state index contributed by atoms with van der Waals surface area (Å²) < 4.78 is 55.1. The van der Waals surface area contributed by atoms with Gasteiger partial charge in [0.2, 0.25) is 16.0 Å². The lowest BCUT2D eigenvalue weighted by Gasteiger charge is -2.49. The Labute approximate surface area is 417 Å². The fourth-order valence-electron chi connectivity index (χ4n) is 11.0. The summed E-state index contributed by atoms with van der Waals surface area (Å²) in [4.78, 5) is 47.5. The predicted octanol–water partition coefficient (Wildman–Crippen LogP) is 9.05. The summed E-state index contributed by atoms with van der Waals surface area (Å²) in [5, 5.41) is 1.25. The number of carbonyl (C=O) groups excluding carboxylic acids is 1. The van der Waals surface area contributed by atoms with Gasteiger partial charge in [0.25, 0.3) is 5.56 Å². The van der Waals surface area contributed by atoms with Crippen LogP contribution in [0.25, 0.3) is 32.9 Å². The van der Waals surface area contributed by atoms with Gasteiger partial charge in [0, 0.05) is 79.6 Å². The molecule has 378 valence electrons. The van der Waals surface area contributed by atoms with Crippen molar-refractivity contribution in [3.05, 3.63) is 112 Å². The second kappa shape index (κ2) is 19.2. The van der Waals surface area contributed by atoms with Crippen molar-refractivity contribution in [3.63, 3.8) is 0 Å². The number of carbonyl (C=O) groups is 1. The fraction of sp³-hybridized carbons (Fsp3) is 0.527. The first kappa shape index (κ1) is 49.2. The Balaban J connectivity index is 1.05. The number of hydrogen-bond donors (Lipinski definition) is 1. The largest absolute Gasteiger partial charge is 0.444 e. The quantitative estimate of drug-likeness (QED) is 0.127. The number of rotatable bonds is 12. The van der Waals surface area contributed by atoms with Crippen molar-refractivity contribution in [2.45, 2.75) is 146 Å². The van der Waals surface area contributed by atoms with Crippen LogP contribution in [0.4, 0.5) is 10.7 Å². The molecule has 5 atom stereocenters. The van der Waals surface area contributed by atoms with E-state index in [1.807, 2.05) is 87.2 Å². The third kappa shape index (κ3) is 9.46. The van der Waals surface area contributed by atoms with Crippen LogP contribution in [-0.2, 0) is 34.6 Å². The fourth-order valence-corrected chi connectivity index (χ4v) is 12.8. The van der Waals surface area contributed by atoms with Crippen LogP contribution in [0, 0.1) is 0 Å². The number of hydrogen-bond acceptors (Lipinski definition) is 12. The van der Waals surface area contributed by atoms with Crippen molar-refractivity contribution in [3.8, 4) is 11.1 Å². The third-order valence-electron chi connectivity index (χ3n) is 15.4. The number of benzene rings is 2. The highest BCUT2D eigenvalue weighted by molar-refractivity contribution is 7.91. The lowest BCUT2D eigenvalue weighted by Crippen LogP contribution is -2.62. The molecule has 3 saturated heterocycles. The molecule has 0 bridgehead atoms. The lowest BCUT2D eigenvalue weighted by atomic mass is 9.87. The number of anilines is 1. The van der Waals surface area contributed by atoms with Crippen LogP contribution in [-0.4, -0.2) is 123 Å². The van der Waals surface area contributed by atoms with Crippen molar-refractivity contribution in [2.24, 2.45) is 0 Å². The molecule has 15 nitrogen and oxygen atoms in total. The van der Waals surface area contributed by atoms with Crippen molar-refractivity contribution >= 4 is 43.9 Å². The van der Waals surface area contributed by atoms with Gasteiger partial charge in [0.15, 0.2) is 11.9 Å². The number of aromatic amines is 1. The van der Waals surface area contributed by atoms with E-state index in [4.69, 9.17) is 28.9 Å². The standard InChI is InChI=1S/C55H69N7O8S/c1-36-15-11-13-26-54(36,7)71(65,66)62-29-25-43-45(32-56-50(63)48(43)62)39-19-22-46-44(31-39)49(55(69-42-20-21-42,40-16-9-8-10-17-40)35-68-47-18-12-14-30-67-47)58-51(57-46)59-27-23-41(24-28-59)60-33-38(3)61(34-37(60)2)52(64)70-53(4,5)6/h8-11,13,15-17,19,22,25,29,31-32,37-38,41-42,47H,12,14,18,20-21,23-24,26-28,30,33-35H2,1-7H3,(H,56,63)/t37-,38+,47?,54?,55-/m0/s1. The molecule has 0 spiro atoms. The summed E-state index contributed by atoms with van der Waals surface area (Å²) in [6.07, 6.45) is 14.7. The van der Waals surface area contributed by atoms with E-state index in [0.29, 0.717) is 52.9 Å². The molecular weight excluding hydrogens is 919 g/mol. The molecule has 2 unspecified atom stereocenters. The molecule has 1 amide bonds. The number of nitrogens with one attached hydrogen (secondary N) is 1. The van der Waals surface area contributed by atoms with E-state index in [1.54, 1.807) is 19.2 Å². The van der Waals surface area contributed by atoms with Gasteiger partial charge in [-0.15, -0.1) is 0 Å². The number of nitrogens with zero attached hydrogens (tertiary/aromatic N) is 6. The predicted molar refractivity (Wildman–Crippen MR) is 276 cm³/mol. The minimum Gasteiger partial charge on any atom is -0.444 e. The van der Waals surface area contributed by atoms with E-state index in [-0.39, 0.29) is 42.8 Å². The third-order valence-corrected chi connectivity index (χ3v) is 17.8. The summed E-state index contributed by atoms with van der Waals surface area (Å²) >= 11 is 0. The van der Waals surface area contributed by atoms with Crippen molar-refractivity contribution in [1.82, 2.24) is 28.7 Å². The molecule has 10 rings (SSSR count). The topological polar surface area (TPSA) is 161 Å². The number of H-pyrrole nitrogens is 1. The maximum absolute atomic E-state index is 14.5. The Bertz CT molecular complexity index is 3020. The number of ether oxygens (including phenoxy) is 4. The molecule has 3 aromatic heterocycles. The number of piperidine rings is 1. The number of aromatic nitrogens is 4. The van der Waals surface area contributed by atoms with Crippen LogP contribution in [0.5, 0.6) is 0 Å². The van der Waals surface area contributed by atoms with Gasteiger partial charge in [0.1, 0.15) is 15.9 Å². The summed E-state index contributed by atoms with van der Waals surface area (Å²) in [7, 11) is -4.08. The Kier molecular flexibility index (Phi) is 13.3. The molecular formula is C55H69N7O8S. The highest BCUT2D eigenvalue weighted by atomic mass is 32.2. The maximum atomic E-state index is 14.5. The second-order valence-electron chi connectivity index (χ2n) is 21.6. The normalized spacial score (nSPS) is 24.8. The van der Waals surface area contributed by atoms with E-state index >= 15 is 0 Å². The van der Waals surface area contributed by atoms with Gasteiger partial charge in [-0.25, -0.2) is 27.2 Å². The van der Waals surface area contributed by atoms with Crippen molar-refractivity contribution < 1.29 is 32.2 Å². The van der Waals surface area contributed by atoms with Crippen molar-refractivity contribution in [1.29, 1.82) is 0 Å². The van der Waals surface area contributed by atoms with E-state index in [9.17, 15) is 18.0 Å². The zero-order chi connectivity index (χ0) is 49.9. The monoisotopic (exact) mass is 987 g/mol. The molecule has 16 heteroatoms. The van der Waals surface area contributed by atoms with Crippen LogP contribution < -0.4 is 10.5 Å². The number of amides is 1. The van der Waals surface area contributed by atoms with Crippen LogP contribution >= 0.6 is 0 Å². The maximum Gasteiger partial charge on any atom is 0.410 e. The minimum atomic E-state index is -4.08. The Morgan fingerprint density at radius 3 is 2.42 bits per heavy atom. The number of piperazine rings is 1. The van der Waals surface area contributed by atoms with Gasteiger partial charge in [-0.3, -0.25) is 9.69 Å². The minimum absolute atomic E-state index is 0.0127. The van der Waals surface area contributed by atoms with Crippen LogP contribution in [0.15, 0.2) is 95.6 Å². The molecule has 0 radical (unpaired) electrons. The Hall–Kier alpha value is -5.39. The van der Waals surface area contributed by atoms with Crippen LogP contribution in [0.2, 0.25) is 0 Å². The van der Waals surface area contributed by atoms with Crippen molar-refractivity contribution in [2.75, 3.05) is 44.3 Å². The lowest BCUT2D eigenvalue weighted by molar-refractivity contribution is -0.197. The van der Waals surface area contributed by atoms with E-state index in [0.717, 1.165) is 85.1 Å². The van der Waals surface area contributed by atoms with Crippen LogP contribution in [0.1, 0.15) is 111 Å². The van der Waals surface area contributed by atoms with Gasteiger partial charge in [-0.05, 0) is 129 Å². The second-order valence-corrected chi connectivity index (χ2v) is 23.8. The summed E-state index contributed by atoms with van der Waals surface area (Å²) in [5.74, 6) is 0.604. The molecule has 5 aliphatic rings. The first-order chi connectivity index (χ1) is 34.0. The highest BCUT2D eigenvalue weighted by Gasteiger charge is 2.47. The molecule has 1 saturated carbocycles. The van der Waals surface area contributed by atoms with Gasteiger partial charge in [-0.1, -0.05) is 60.2 Å². The van der Waals surface area contributed by atoms with Crippen LogP contribution in [0.3, 0.4) is 0 Å². The molecule has 6 heterocycles. The summed E-state index contributed by atoms with van der Waals surface area (Å²) in [5.41, 5.74) is 2.21. The first-order valence-electron chi connectivity index (χ1n) is 25.6. The van der Waals surface area contributed by atoms with Gasteiger partial charge in [-0.2, -0.15) is 0 Å². The molecule has 4 fully saturated rings. The highest BCUT2D eigenvalue weighted by Crippen LogP contribution is 2.45. The SMILES string of the molecule is CC1=CC=CCC1(C)S(=O)(=O)n1ccc2c(-c3ccc4nc(N5CCC(N6C[C@@H](C)N(C(=O)OC(C)(C)C)C[C@@H]6C)CC5)nc([C@@](COC5CCCCO5)(OC5CC5)c5ccccc5)c4c3)c[nH]c(=O)c21. The van der Waals surface area contributed by atoms with E-state index in [1.165, 1.54) is 6.20 Å². The van der Waals surface area contributed by atoms with Gasteiger partial charge >= 0.3 is 6.09 Å². The number of allylic oxidation sites excluding steroid dienone is 3. The average molecular weight is 988 g/mol. The molecule has 2 aliphatic carbocycles.